The summed E-state index contributed by atoms with van der Waals surface area (Å²) >= 11 is 3.47. The zero-order chi connectivity index (χ0) is 15.2. The first-order valence-corrected chi connectivity index (χ1v) is 8.00. The number of halogens is 1. The first kappa shape index (κ1) is 16.1. The van der Waals surface area contributed by atoms with Gasteiger partial charge in [-0.25, -0.2) is 0 Å². The SMILES string of the molecule is CCOc1cc(CN)cc(Br)c1OCCC(=O)NC1CC1. The van der Waals surface area contributed by atoms with Crippen LogP contribution < -0.4 is 20.5 Å². The van der Waals surface area contributed by atoms with Crippen molar-refractivity contribution in [1.29, 1.82) is 0 Å². The second kappa shape index (κ2) is 7.66. The summed E-state index contributed by atoms with van der Waals surface area (Å²) in [4.78, 5) is 11.6. The smallest absolute Gasteiger partial charge is 0.223 e. The molecular formula is C15H21BrN2O3. The van der Waals surface area contributed by atoms with Gasteiger partial charge in [-0.15, -0.1) is 0 Å². The third kappa shape index (κ3) is 4.89. The molecule has 1 aromatic rings. The van der Waals surface area contributed by atoms with E-state index in [0.717, 1.165) is 22.9 Å². The van der Waals surface area contributed by atoms with E-state index in [0.29, 0.717) is 43.7 Å². The molecule has 1 fully saturated rings. The monoisotopic (exact) mass is 356 g/mol. The molecule has 0 aliphatic heterocycles. The van der Waals surface area contributed by atoms with Gasteiger partial charge in [0.2, 0.25) is 5.91 Å². The number of nitrogens with one attached hydrogen (secondary N) is 1. The van der Waals surface area contributed by atoms with Gasteiger partial charge in [0.1, 0.15) is 0 Å². The summed E-state index contributed by atoms with van der Waals surface area (Å²) in [6, 6.07) is 4.16. The fourth-order valence-electron chi connectivity index (χ4n) is 1.92. The summed E-state index contributed by atoms with van der Waals surface area (Å²) in [6.45, 7) is 3.21. The summed E-state index contributed by atoms with van der Waals surface area (Å²) in [6.07, 6.45) is 2.52. The van der Waals surface area contributed by atoms with Gasteiger partial charge in [-0.2, -0.15) is 0 Å². The Kier molecular flexibility index (Phi) is 5.87. The standard InChI is InChI=1S/C15H21BrN2O3/c1-2-20-13-8-10(9-17)7-12(16)15(13)21-6-5-14(19)18-11-3-4-11/h7-8,11H,2-6,9,17H2,1H3,(H,18,19). The molecule has 2 rings (SSSR count). The van der Waals surface area contributed by atoms with Crippen molar-refractivity contribution in [3.63, 3.8) is 0 Å². The molecule has 1 aliphatic rings. The van der Waals surface area contributed by atoms with Crippen molar-refractivity contribution in [2.45, 2.75) is 38.8 Å². The number of hydrogen-bond acceptors (Lipinski definition) is 4. The maximum atomic E-state index is 11.6. The third-order valence-electron chi connectivity index (χ3n) is 3.12. The van der Waals surface area contributed by atoms with E-state index >= 15 is 0 Å². The Morgan fingerprint density at radius 3 is 2.81 bits per heavy atom. The molecule has 1 saturated carbocycles. The van der Waals surface area contributed by atoms with Gasteiger partial charge < -0.3 is 20.5 Å². The Morgan fingerprint density at radius 1 is 1.43 bits per heavy atom. The average Bonchev–Trinajstić information content (AvgIpc) is 3.25. The van der Waals surface area contributed by atoms with Crippen LogP contribution in [-0.4, -0.2) is 25.2 Å². The average molecular weight is 357 g/mol. The largest absolute Gasteiger partial charge is 0.490 e. The Balaban J connectivity index is 1.95. The molecule has 1 aromatic carbocycles. The Hall–Kier alpha value is -1.27. The minimum absolute atomic E-state index is 0.0326. The molecular weight excluding hydrogens is 336 g/mol. The third-order valence-corrected chi connectivity index (χ3v) is 3.71. The van der Waals surface area contributed by atoms with Crippen molar-refractivity contribution in [3.8, 4) is 11.5 Å². The molecule has 0 spiro atoms. The highest BCUT2D eigenvalue weighted by Gasteiger charge is 2.23. The van der Waals surface area contributed by atoms with Gasteiger partial charge in [-0.1, -0.05) is 0 Å². The van der Waals surface area contributed by atoms with E-state index in [1.54, 1.807) is 0 Å². The van der Waals surface area contributed by atoms with E-state index in [-0.39, 0.29) is 5.91 Å². The highest BCUT2D eigenvalue weighted by molar-refractivity contribution is 9.10. The van der Waals surface area contributed by atoms with Gasteiger partial charge in [0.25, 0.3) is 0 Å². The summed E-state index contributed by atoms with van der Waals surface area (Å²) in [5, 5.41) is 2.93. The minimum atomic E-state index is 0.0326. The number of benzene rings is 1. The van der Waals surface area contributed by atoms with Crippen molar-refractivity contribution < 1.29 is 14.3 Å². The van der Waals surface area contributed by atoms with Crippen LogP contribution in [-0.2, 0) is 11.3 Å². The van der Waals surface area contributed by atoms with E-state index in [1.807, 2.05) is 19.1 Å². The molecule has 3 N–H and O–H groups in total. The second-order valence-corrected chi connectivity index (χ2v) is 5.84. The van der Waals surface area contributed by atoms with Gasteiger partial charge in [-0.3, -0.25) is 4.79 Å². The Labute approximate surface area is 133 Å². The Morgan fingerprint density at radius 2 is 2.19 bits per heavy atom. The van der Waals surface area contributed by atoms with Crippen LogP contribution in [0.2, 0.25) is 0 Å². The predicted octanol–water partition coefficient (Wildman–Crippen LogP) is 2.35. The van der Waals surface area contributed by atoms with Crippen molar-refractivity contribution in [3.05, 3.63) is 22.2 Å². The van der Waals surface area contributed by atoms with Crippen LogP contribution in [0.4, 0.5) is 0 Å². The van der Waals surface area contributed by atoms with Crippen molar-refractivity contribution in [2.75, 3.05) is 13.2 Å². The van der Waals surface area contributed by atoms with Crippen LogP contribution in [0.25, 0.3) is 0 Å². The summed E-state index contributed by atoms with van der Waals surface area (Å²) in [7, 11) is 0. The molecule has 0 heterocycles. The lowest BCUT2D eigenvalue weighted by molar-refractivity contribution is -0.121. The van der Waals surface area contributed by atoms with Crippen LogP contribution in [0, 0.1) is 0 Å². The van der Waals surface area contributed by atoms with Crippen LogP contribution in [0.5, 0.6) is 11.5 Å². The molecule has 0 radical (unpaired) electrons. The molecule has 0 bridgehead atoms. The van der Waals surface area contributed by atoms with Gasteiger partial charge in [0.15, 0.2) is 11.5 Å². The molecule has 0 aromatic heterocycles. The summed E-state index contributed by atoms with van der Waals surface area (Å²) < 4.78 is 12.1. The number of rotatable bonds is 8. The van der Waals surface area contributed by atoms with Gasteiger partial charge in [0.05, 0.1) is 24.1 Å². The van der Waals surface area contributed by atoms with Gasteiger partial charge in [-0.05, 0) is 53.4 Å². The van der Waals surface area contributed by atoms with Crippen LogP contribution in [0.1, 0.15) is 31.7 Å². The maximum absolute atomic E-state index is 11.6. The first-order valence-electron chi connectivity index (χ1n) is 7.21. The second-order valence-electron chi connectivity index (χ2n) is 4.98. The number of hydrogen-bond donors (Lipinski definition) is 2. The highest BCUT2D eigenvalue weighted by Crippen LogP contribution is 2.37. The maximum Gasteiger partial charge on any atom is 0.223 e. The molecule has 0 atom stereocenters. The van der Waals surface area contributed by atoms with E-state index < -0.39 is 0 Å². The van der Waals surface area contributed by atoms with Crippen molar-refractivity contribution >= 4 is 21.8 Å². The normalized spacial score (nSPS) is 13.9. The fourth-order valence-corrected chi connectivity index (χ4v) is 2.52. The van der Waals surface area contributed by atoms with Crippen LogP contribution in [0.3, 0.4) is 0 Å². The first-order chi connectivity index (χ1) is 10.1. The molecule has 6 heteroatoms. The molecule has 1 amide bonds. The van der Waals surface area contributed by atoms with E-state index in [1.165, 1.54) is 0 Å². The number of amides is 1. The number of nitrogens with two attached hydrogens (primary N) is 1. The van der Waals surface area contributed by atoms with Gasteiger partial charge in [0, 0.05) is 12.6 Å². The molecule has 0 saturated heterocycles. The van der Waals surface area contributed by atoms with Crippen LogP contribution in [0.15, 0.2) is 16.6 Å². The molecule has 0 unspecified atom stereocenters. The minimum Gasteiger partial charge on any atom is -0.490 e. The lowest BCUT2D eigenvalue weighted by Crippen LogP contribution is -2.26. The van der Waals surface area contributed by atoms with E-state index in [9.17, 15) is 4.79 Å². The number of ether oxygens (including phenoxy) is 2. The van der Waals surface area contributed by atoms with E-state index in [4.69, 9.17) is 15.2 Å². The topological polar surface area (TPSA) is 73.6 Å². The summed E-state index contributed by atoms with van der Waals surface area (Å²) in [5.41, 5.74) is 6.62. The zero-order valence-corrected chi connectivity index (χ0v) is 13.7. The van der Waals surface area contributed by atoms with Gasteiger partial charge >= 0.3 is 0 Å². The van der Waals surface area contributed by atoms with Crippen molar-refractivity contribution in [1.82, 2.24) is 5.32 Å². The lowest BCUT2D eigenvalue weighted by Gasteiger charge is -2.15. The quantitative estimate of drug-likeness (QED) is 0.749. The van der Waals surface area contributed by atoms with E-state index in [2.05, 4.69) is 21.2 Å². The predicted molar refractivity (Wildman–Crippen MR) is 84.5 cm³/mol. The van der Waals surface area contributed by atoms with Crippen molar-refractivity contribution in [2.24, 2.45) is 5.73 Å². The fraction of sp³-hybridized carbons (Fsp3) is 0.533. The Bertz CT molecular complexity index is 504. The molecule has 5 nitrogen and oxygen atoms in total. The number of carbonyl (C=O) groups excluding carboxylic acids is 1. The zero-order valence-electron chi connectivity index (χ0n) is 12.2. The molecule has 1 aliphatic carbocycles. The molecule has 116 valence electrons. The number of carbonyl (C=O) groups is 1. The highest BCUT2D eigenvalue weighted by atomic mass is 79.9. The summed E-state index contributed by atoms with van der Waals surface area (Å²) in [5.74, 6) is 1.30. The van der Waals surface area contributed by atoms with Crippen LogP contribution >= 0.6 is 15.9 Å². The molecule has 21 heavy (non-hydrogen) atoms. The lowest BCUT2D eigenvalue weighted by atomic mass is 10.2.